The Hall–Kier alpha value is -3.21. The van der Waals surface area contributed by atoms with Gasteiger partial charge in [-0.15, -0.1) is 0 Å². The lowest BCUT2D eigenvalue weighted by atomic mass is 9.99. The van der Waals surface area contributed by atoms with Crippen molar-refractivity contribution in [1.29, 1.82) is 0 Å². The number of fused-ring (bicyclic) bond motifs is 1. The molecule has 4 aromatic rings. The van der Waals surface area contributed by atoms with Gasteiger partial charge in [0, 0.05) is 66.7 Å². The van der Waals surface area contributed by atoms with E-state index in [4.69, 9.17) is 0 Å². The average Bonchev–Trinajstić information content (AvgIpc) is 3.42. The van der Waals surface area contributed by atoms with Crippen LogP contribution in [0, 0.1) is 0 Å². The predicted octanol–water partition coefficient (Wildman–Crippen LogP) is 6.73. The number of aromatic nitrogens is 1. The third-order valence-electron chi connectivity index (χ3n) is 5.97. The molecule has 0 N–H and O–H groups in total. The molecule has 4 heteroatoms. The Morgan fingerprint density at radius 2 is 1.88 bits per heavy atom. The normalized spacial score (nSPS) is 13.9. The van der Waals surface area contributed by atoms with E-state index in [9.17, 15) is 0 Å². The van der Waals surface area contributed by atoms with Crippen LogP contribution in [0.1, 0.15) is 23.1 Å². The van der Waals surface area contributed by atoms with Crippen LogP contribution < -0.4 is 0 Å². The number of benzene rings is 2. The second-order valence-corrected chi connectivity index (χ2v) is 9.06. The van der Waals surface area contributed by atoms with E-state index in [1.807, 2.05) is 12.4 Å². The lowest BCUT2D eigenvalue weighted by Crippen LogP contribution is -2.22. The molecule has 0 saturated carbocycles. The molecule has 2 aromatic carbocycles. The fraction of sp³-hybridized carbons (Fsp3) is 0.179. The van der Waals surface area contributed by atoms with E-state index in [0.29, 0.717) is 0 Å². The summed E-state index contributed by atoms with van der Waals surface area (Å²) < 4.78 is 2.41. The summed E-state index contributed by atoms with van der Waals surface area (Å²) in [5.41, 5.74) is 7.67. The van der Waals surface area contributed by atoms with Crippen LogP contribution in [0.25, 0.3) is 22.0 Å². The monoisotopic (exact) mass is 437 g/mol. The summed E-state index contributed by atoms with van der Waals surface area (Å²) in [6.07, 6.45) is 9.48. The molecule has 0 saturated heterocycles. The topological polar surface area (TPSA) is 20.5 Å². The lowest BCUT2D eigenvalue weighted by Gasteiger charge is -2.17. The molecule has 32 heavy (non-hydrogen) atoms. The zero-order valence-corrected chi connectivity index (χ0v) is 19.1. The van der Waals surface area contributed by atoms with Gasteiger partial charge in [-0.05, 0) is 52.7 Å². The Kier molecular flexibility index (Phi) is 6.15. The number of thiophene rings is 1. The quantitative estimate of drug-likeness (QED) is 0.314. The van der Waals surface area contributed by atoms with Crippen molar-refractivity contribution in [3.05, 3.63) is 107 Å². The molecule has 0 fully saturated rings. The zero-order valence-electron chi connectivity index (χ0n) is 18.3. The Morgan fingerprint density at radius 1 is 1.03 bits per heavy atom. The van der Waals surface area contributed by atoms with Crippen LogP contribution in [0.15, 0.2) is 94.9 Å². The minimum Gasteiger partial charge on any atom is -0.346 e. The van der Waals surface area contributed by atoms with Gasteiger partial charge < -0.3 is 9.47 Å². The first-order chi connectivity index (χ1) is 15.8. The highest BCUT2D eigenvalue weighted by molar-refractivity contribution is 7.08. The number of hydrogen-bond acceptors (Lipinski definition) is 3. The van der Waals surface area contributed by atoms with Gasteiger partial charge in [-0.3, -0.25) is 4.99 Å². The van der Waals surface area contributed by atoms with Crippen LogP contribution in [0.5, 0.6) is 0 Å². The highest BCUT2D eigenvalue weighted by Gasteiger charge is 2.14. The number of aliphatic imine (C=N–C) groups is 1. The van der Waals surface area contributed by atoms with Gasteiger partial charge in [-0.25, -0.2) is 0 Å². The Morgan fingerprint density at radius 3 is 2.72 bits per heavy atom. The summed E-state index contributed by atoms with van der Waals surface area (Å²) in [4.78, 5) is 6.91. The summed E-state index contributed by atoms with van der Waals surface area (Å²) in [7, 11) is 2.20. The van der Waals surface area contributed by atoms with Gasteiger partial charge in [0.15, 0.2) is 0 Å². The number of nitrogens with zero attached hydrogens (tertiary/aromatic N) is 3. The molecule has 160 valence electrons. The van der Waals surface area contributed by atoms with Gasteiger partial charge in [-0.2, -0.15) is 11.3 Å². The molecule has 0 amide bonds. The fourth-order valence-corrected chi connectivity index (χ4v) is 4.95. The first kappa shape index (κ1) is 20.7. The molecular formula is C28H27N3S. The summed E-state index contributed by atoms with van der Waals surface area (Å²) in [6.45, 7) is 2.91. The molecule has 0 radical (unpaired) electrons. The highest BCUT2D eigenvalue weighted by Crippen LogP contribution is 2.33. The van der Waals surface area contributed by atoms with E-state index in [-0.39, 0.29) is 0 Å². The minimum absolute atomic E-state index is 0.839. The van der Waals surface area contributed by atoms with Crippen molar-refractivity contribution in [1.82, 2.24) is 9.47 Å². The van der Waals surface area contributed by atoms with Crippen molar-refractivity contribution in [3.8, 4) is 0 Å². The molecule has 0 spiro atoms. The van der Waals surface area contributed by atoms with Crippen molar-refractivity contribution in [2.24, 2.45) is 4.99 Å². The maximum Gasteiger partial charge on any atom is 0.0487 e. The second kappa shape index (κ2) is 9.51. The fourth-order valence-electron chi connectivity index (χ4n) is 4.28. The van der Waals surface area contributed by atoms with Crippen molar-refractivity contribution in [2.75, 3.05) is 13.6 Å². The summed E-state index contributed by atoms with van der Waals surface area (Å²) >= 11 is 1.72. The van der Waals surface area contributed by atoms with Gasteiger partial charge in [0.05, 0.1) is 0 Å². The van der Waals surface area contributed by atoms with Gasteiger partial charge in [-0.1, -0.05) is 48.5 Å². The molecule has 3 heterocycles. The number of allylic oxidation sites excluding steroid dienone is 3. The molecule has 0 aliphatic carbocycles. The van der Waals surface area contributed by atoms with Gasteiger partial charge >= 0.3 is 0 Å². The average molecular weight is 438 g/mol. The Balaban J connectivity index is 1.42. The first-order valence-corrected chi connectivity index (χ1v) is 12.0. The minimum atomic E-state index is 0.839. The van der Waals surface area contributed by atoms with E-state index < -0.39 is 0 Å². The molecule has 5 rings (SSSR count). The summed E-state index contributed by atoms with van der Waals surface area (Å²) in [5.74, 6) is 0. The van der Waals surface area contributed by atoms with Gasteiger partial charge in [0.1, 0.15) is 0 Å². The number of rotatable bonds is 7. The van der Waals surface area contributed by atoms with E-state index >= 15 is 0 Å². The van der Waals surface area contributed by atoms with E-state index in [1.165, 1.54) is 38.7 Å². The maximum absolute atomic E-state index is 4.52. The zero-order chi connectivity index (χ0) is 21.8. The second-order valence-electron chi connectivity index (χ2n) is 8.28. The number of para-hydroxylation sites is 1. The van der Waals surface area contributed by atoms with Crippen molar-refractivity contribution in [2.45, 2.75) is 19.5 Å². The Labute approximate surface area is 193 Å². The van der Waals surface area contributed by atoms with Crippen LogP contribution in [-0.4, -0.2) is 29.3 Å². The van der Waals surface area contributed by atoms with Crippen LogP contribution in [0.2, 0.25) is 0 Å². The third kappa shape index (κ3) is 4.52. The predicted molar refractivity (Wildman–Crippen MR) is 138 cm³/mol. The maximum atomic E-state index is 4.52. The summed E-state index contributed by atoms with van der Waals surface area (Å²) in [5, 5.41) is 5.62. The molecule has 1 aliphatic rings. The number of hydrogen-bond donors (Lipinski definition) is 0. The van der Waals surface area contributed by atoms with E-state index in [0.717, 1.165) is 26.1 Å². The van der Waals surface area contributed by atoms with Crippen molar-refractivity contribution in [3.63, 3.8) is 0 Å². The molecule has 1 aliphatic heterocycles. The molecule has 2 aromatic heterocycles. The molecule has 0 atom stereocenters. The standard InChI is InChI=1S/C28H27N3S/c1-30(19-22-7-3-2-4-8-22)14-15-31-20-27(26-9-5-6-10-28(26)31)23-11-13-29-18-25(17-23)24-12-16-32-21-24/h2-10,12-13,16-18,20-21H,11,14-15,19H2,1H3. The largest absolute Gasteiger partial charge is 0.346 e. The van der Waals surface area contributed by atoms with Gasteiger partial charge in [0.25, 0.3) is 0 Å². The van der Waals surface area contributed by atoms with E-state index in [1.54, 1.807) is 11.3 Å². The molecule has 3 nitrogen and oxygen atoms in total. The smallest absolute Gasteiger partial charge is 0.0487 e. The summed E-state index contributed by atoms with van der Waals surface area (Å²) in [6, 6.07) is 21.6. The van der Waals surface area contributed by atoms with Crippen molar-refractivity contribution >= 4 is 39.6 Å². The molecule has 0 unspecified atom stereocenters. The van der Waals surface area contributed by atoms with Gasteiger partial charge in [0.2, 0.25) is 0 Å². The van der Waals surface area contributed by atoms with E-state index in [2.05, 4.69) is 105 Å². The highest BCUT2D eigenvalue weighted by atomic mass is 32.1. The first-order valence-electron chi connectivity index (χ1n) is 11.0. The molecule has 0 bridgehead atoms. The van der Waals surface area contributed by atoms with Crippen LogP contribution >= 0.6 is 11.3 Å². The van der Waals surface area contributed by atoms with Crippen LogP contribution in [0.4, 0.5) is 0 Å². The Bertz CT molecular complexity index is 1280. The third-order valence-corrected chi connectivity index (χ3v) is 6.65. The van der Waals surface area contributed by atoms with Crippen LogP contribution in [-0.2, 0) is 13.1 Å². The van der Waals surface area contributed by atoms with Crippen molar-refractivity contribution < 1.29 is 0 Å². The SMILES string of the molecule is CN(CCn1cc(C2=CC(c3ccsc3)=CN=CC2)c2ccccc21)Cc1ccccc1. The van der Waals surface area contributed by atoms with Crippen LogP contribution in [0.3, 0.4) is 0 Å². The molecular weight excluding hydrogens is 410 g/mol. The number of likely N-dealkylation sites (N-methyl/N-ethyl adjacent to an activating group) is 1. The lowest BCUT2D eigenvalue weighted by molar-refractivity contribution is 0.313.